The van der Waals surface area contributed by atoms with Gasteiger partial charge in [0, 0.05) is 12.6 Å². The fourth-order valence-corrected chi connectivity index (χ4v) is 3.80. The van der Waals surface area contributed by atoms with Gasteiger partial charge in [0.1, 0.15) is 0 Å². The fraction of sp³-hybridized carbons (Fsp3) is 0.273. The summed E-state index contributed by atoms with van der Waals surface area (Å²) >= 11 is 0. The van der Waals surface area contributed by atoms with Gasteiger partial charge in [-0.2, -0.15) is 0 Å². The third kappa shape index (κ3) is 4.03. The number of carbonyl (C=O) groups excluding carboxylic acids is 3. The molecule has 2 aromatic carbocycles. The first kappa shape index (κ1) is 21.0. The zero-order chi connectivity index (χ0) is 22.0. The molecule has 1 aliphatic heterocycles. The van der Waals surface area contributed by atoms with Crippen LogP contribution >= 0.6 is 0 Å². The Morgan fingerprint density at radius 3 is 2.03 bits per heavy atom. The first-order valence-corrected chi connectivity index (χ1v) is 9.49. The Balaban J connectivity index is 1.86. The van der Waals surface area contributed by atoms with Gasteiger partial charge in [0.05, 0.1) is 23.7 Å². The van der Waals surface area contributed by atoms with Gasteiger partial charge in [0.2, 0.25) is 0 Å². The summed E-state index contributed by atoms with van der Waals surface area (Å²) in [6, 6.07) is 9.31. The van der Waals surface area contributed by atoms with Gasteiger partial charge in [-0.3, -0.25) is 19.3 Å². The molecule has 30 heavy (non-hydrogen) atoms. The van der Waals surface area contributed by atoms with Gasteiger partial charge >= 0.3 is 6.09 Å². The third-order valence-electron chi connectivity index (χ3n) is 5.24. The number of carbonyl (C=O) groups is 4. The molecule has 0 saturated heterocycles. The second kappa shape index (κ2) is 8.36. The van der Waals surface area contributed by atoms with Crippen LogP contribution in [0, 0.1) is 13.8 Å². The predicted octanol–water partition coefficient (Wildman–Crippen LogP) is 2.14. The van der Waals surface area contributed by atoms with Crippen LogP contribution in [-0.2, 0) is 6.42 Å². The van der Waals surface area contributed by atoms with Crippen molar-refractivity contribution in [3.05, 3.63) is 69.8 Å². The second-order valence-corrected chi connectivity index (χ2v) is 7.28. The summed E-state index contributed by atoms with van der Waals surface area (Å²) < 4.78 is 0. The maximum Gasteiger partial charge on any atom is 0.404 e. The predicted molar refractivity (Wildman–Crippen MR) is 110 cm³/mol. The van der Waals surface area contributed by atoms with Gasteiger partial charge in [-0.15, -0.1) is 0 Å². The smallest absolute Gasteiger partial charge is 0.404 e. The van der Waals surface area contributed by atoms with Crippen molar-refractivity contribution < 1.29 is 24.3 Å². The number of hydrogen-bond acceptors (Lipinski definition) is 4. The van der Waals surface area contributed by atoms with E-state index in [1.807, 2.05) is 13.8 Å². The van der Waals surface area contributed by atoms with E-state index in [-0.39, 0.29) is 18.9 Å². The highest BCUT2D eigenvalue weighted by Crippen LogP contribution is 2.24. The van der Waals surface area contributed by atoms with Gasteiger partial charge in [0.15, 0.2) is 0 Å². The average molecular weight is 409 g/mol. The molecule has 2 aromatic rings. The molecule has 8 nitrogen and oxygen atoms in total. The molecule has 8 heteroatoms. The number of imide groups is 1. The molecule has 0 saturated carbocycles. The standard InChI is InChI=1S/C22H23N3O5/c1-12-8-14(19(26)23-3)9-13(2)18(12)10-15(24-22(29)30)11-25-20(27)16-6-4-5-7-17(16)21(25)28/h4-9,15,24H,10-11H2,1-3H3,(H,23,26)(H,29,30)/t15-/m0/s1. The van der Waals surface area contributed by atoms with Gasteiger partial charge in [-0.1, -0.05) is 12.1 Å². The number of hydrogen-bond donors (Lipinski definition) is 3. The highest BCUT2D eigenvalue weighted by atomic mass is 16.4. The fourth-order valence-electron chi connectivity index (χ4n) is 3.80. The summed E-state index contributed by atoms with van der Waals surface area (Å²) in [4.78, 5) is 49.7. The topological polar surface area (TPSA) is 116 Å². The molecule has 1 atom stereocenters. The van der Waals surface area contributed by atoms with Crippen molar-refractivity contribution in [1.82, 2.24) is 15.5 Å². The molecular formula is C22H23N3O5. The molecule has 1 heterocycles. The first-order valence-electron chi connectivity index (χ1n) is 9.49. The zero-order valence-corrected chi connectivity index (χ0v) is 17.0. The highest BCUT2D eigenvalue weighted by Gasteiger charge is 2.36. The van der Waals surface area contributed by atoms with Crippen molar-refractivity contribution in [1.29, 1.82) is 0 Å². The van der Waals surface area contributed by atoms with Gasteiger partial charge in [0.25, 0.3) is 17.7 Å². The molecule has 0 spiro atoms. The molecule has 4 amide bonds. The third-order valence-corrected chi connectivity index (χ3v) is 5.24. The minimum Gasteiger partial charge on any atom is -0.465 e. The van der Waals surface area contributed by atoms with E-state index in [1.165, 1.54) is 0 Å². The monoisotopic (exact) mass is 409 g/mol. The number of amides is 4. The number of benzene rings is 2. The van der Waals surface area contributed by atoms with Crippen molar-refractivity contribution in [2.75, 3.05) is 13.6 Å². The van der Waals surface area contributed by atoms with E-state index in [1.54, 1.807) is 43.4 Å². The molecule has 0 radical (unpaired) electrons. The summed E-state index contributed by atoms with van der Waals surface area (Å²) in [7, 11) is 1.55. The van der Waals surface area contributed by atoms with Gasteiger partial charge in [-0.05, 0) is 61.2 Å². The Kier molecular flexibility index (Phi) is 5.86. The van der Waals surface area contributed by atoms with E-state index < -0.39 is 23.9 Å². The second-order valence-electron chi connectivity index (χ2n) is 7.28. The summed E-state index contributed by atoms with van der Waals surface area (Å²) in [5.41, 5.74) is 3.66. The lowest BCUT2D eigenvalue weighted by molar-refractivity contribution is 0.0635. The van der Waals surface area contributed by atoms with Crippen LogP contribution in [0.5, 0.6) is 0 Å². The largest absolute Gasteiger partial charge is 0.465 e. The Labute approximate surface area is 173 Å². The Morgan fingerprint density at radius 2 is 1.57 bits per heavy atom. The summed E-state index contributed by atoms with van der Waals surface area (Å²) in [5.74, 6) is -1.08. The lowest BCUT2D eigenvalue weighted by atomic mass is 9.93. The van der Waals surface area contributed by atoms with E-state index in [0.29, 0.717) is 16.7 Å². The molecule has 156 valence electrons. The average Bonchev–Trinajstić information content (AvgIpc) is 2.94. The van der Waals surface area contributed by atoms with E-state index in [4.69, 9.17) is 0 Å². The summed E-state index contributed by atoms with van der Waals surface area (Å²) in [5, 5.41) is 14.3. The van der Waals surface area contributed by atoms with E-state index in [2.05, 4.69) is 10.6 Å². The minimum absolute atomic E-state index is 0.0886. The molecule has 0 fully saturated rings. The maximum atomic E-state index is 12.7. The quantitative estimate of drug-likeness (QED) is 0.632. The molecule has 3 rings (SSSR count). The van der Waals surface area contributed by atoms with Crippen molar-refractivity contribution >= 4 is 23.8 Å². The van der Waals surface area contributed by atoms with Crippen LogP contribution < -0.4 is 10.6 Å². The van der Waals surface area contributed by atoms with Crippen LogP contribution in [0.4, 0.5) is 4.79 Å². The normalized spacial score (nSPS) is 13.8. The summed E-state index contributed by atoms with van der Waals surface area (Å²) in [6.07, 6.45) is -0.973. The highest BCUT2D eigenvalue weighted by molar-refractivity contribution is 6.21. The SMILES string of the molecule is CNC(=O)c1cc(C)c(C[C@@H](CN2C(=O)c3ccccc3C2=O)NC(=O)O)c(C)c1. The number of nitrogens with zero attached hydrogens (tertiary/aromatic N) is 1. The van der Waals surface area contributed by atoms with E-state index >= 15 is 0 Å². The Hall–Kier alpha value is -3.68. The van der Waals surface area contributed by atoms with Crippen LogP contribution in [0.15, 0.2) is 36.4 Å². The Morgan fingerprint density at radius 1 is 1.03 bits per heavy atom. The van der Waals surface area contributed by atoms with Crippen molar-refractivity contribution in [3.63, 3.8) is 0 Å². The van der Waals surface area contributed by atoms with Crippen LogP contribution in [0.1, 0.15) is 47.8 Å². The lowest BCUT2D eigenvalue weighted by Gasteiger charge is -2.24. The minimum atomic E-state index is -1.24. The van der Waals surface area contributed by atoms with Crippen LogP contribution in [0.2, 0.25) is 0 Å². The molecule has 0 unspecified atom stereocenters. The number of rotatable bonds is 6. The molecule has 3 N–H and O–H groups in total. The molecule has 1 aliphatic rings. The summed E-state index contributed by atoms with van der Waals surface area (Å²) in [6.45, 7) is 3.60. The van der Waals surface area contributed by atoms with E-state index in [9.17, 15) is 24.3 Å². The molecule has 0 bridgehead atoms. The van der Waals surface area contributed by atoms with Crippen molar-refractivity contribution in [2.24, 2.45) is 0 Å². The zero-order valence-electron chi connectivity index (χ0n) is 17.0. The maximum absolute atomic E-state index is 12.7. The number of carboxylic acid groups (broad SMARTS) is 1. The molecule has 0 aliphatic carbocycles. The Bertz CT molecular complexity index is 989. The van der Waals surface area contributed by atoms with Crippen LogP contribution in [0.25, 0.3) is 0 Å². The van der Waals surface area contributed by atoms with Crippen molar-refractivity contribution in [2.45, 2.75) is 26.3 Å². The number of aryl methyl sites for hydroxylation is 2. The first-order chi connectivity index (χ1) is 14.2. The van der Waals surface area contributed by atoms with Crippen LogP contribution in [-0.4, -0.2) is 53.5 Å². The van der Waals surface area contributed by atoms with Gasteiger partial charge in [-0.25, -0.2) is 4.79 Å². The molecule has 0 aromatic heterocycles. The molecular weight excluding hydrogens is 386 g/mol. The van der Waals surface area contributed by atoms with Crippen LogP contribution in [0.3, 0.4) is 0 Å². The number of nitrogens with one attached hydrogen (secondary N) is 2. The van der Waals surface area contributed by atoms with E-state index in [0.717, 1.165) is 21.6 Å². The number of fused-ring (bicyclic) bond motifs is 1. The van der Waals surface area contributed by atoms with Crippen molar-refractivity contribution in [3.8, 4) is 0 Å². The lowest BCUT2D eigenvalue weighted by Crippen LogP contribution is -2.46. The van der Waals surface area contributed by atoms with Gasteiger partial charge < -0.3 is 15.7 Å².